The van der Waals surface area contributed by atoms with Crippen LogP contribution in [0.25, 0.3) is 0 Å². The molecule has 0 unspecified atom stereocenters. The molecule has 0 saturated carbocycles. The van der Waals surface area contributed by atoms with Crippen molar-refractivity contribution >= 4 is 19.9 Å². The smallest absolute Gasteiger partial charge is 0.242 e. The number of hydrogen-bond donors (Lipinski definition) is 0. The van der Waals surface area contributed by atoms with Gasteiger partial charge in [-0.1, -0.05) is 11.6 Å². The van der Waals surface area contributed by atoms with Gasteiger partial charge in [-0.05, 0) is 19.6 Å². The van der Waals surface area contributed by atoms with Gasteiger partial charge in [0.05, 0.1) is 11.2 Å². The number of aromatic nitrogens is 1. The normalized spacial score (nSPS) is 11.3. The van der Waals surface area contributed by atoms with Crippen LogP contribution in [0.5, 0.6) is 5.75 Å². The molecule has 1 heterocycles. The molecule has 0 aliphatic carbocycles. The number of hydrogen-bond acceptors (Lipinski definition) is 2. The molecule has 1 rings (SSSR count). The van der Waals surface area contributed by atoms with Gasteiger partial charge in [-0.3, -0.25) is 4.98 Å². The predicted octanol–water partition coefficient (Wildman–Crippen LogP) is 2.95. The molecule has 0 aliphatic rings. The lowest BCUT2D eigenvalue weighted by atomic mass is 10.5. The number of pyridine rings is 1. The van der Waals surface area contributed by atoms with Crippen LogP contribution in [0.3, 0.4) is 0 Å². The van der Waals surface area contributed by atoms with E-state index in [9.17, 15) is 0 Å². The molecule has 0 amide bonds. The van der Waals surface area contributed by atoms with E-state index >= 15 is 0 Å². The van der Waals surface area contributed by atoms with E-state index < -0.39 is 8.32 Å². The molecular weight excluding hydrogens is 190 g/mol. The number of rotatable bonds is 2. The molecule has 0 spiro atoms. The van der Waals surface area contributed by atoms with Crippen molar-refractivity contribution in [1.82, 2.24) is 4.98 Å². The van der Waals surface area contributed by atoms with Crippen molar-refractivity contribution in [2.45, 2.75) is 19.6 Å². The average molecular weight is 202 g/mol. The van der Waals surface area contributed by atoms with E-state index in [0.29, 0.717) is 5.02 Å². The predicted molar refractivity (Wildman–Crippen MR) is 53.2 cm³/mol. The maximum Gasteiger partial charge on any atom is 0.242 e. The molecule has 0 bridgehead atoms. The molecule has 1 aromatic rings. The molecule has 0 N–H and O–H groups in total. The van der Waals surface area contributed by atoms with Crippen LogP contribution < -0.4 is 4.43 Å². The topological polar surface area (TPSA) is 22.1 Å². The van der Waals surface area contributed by atoms with Gasteiger partial charge < -0.3 is 4.43 Å². The second kappa shape index (κ2) is 3.45. The van der Waals surface area contributed by atoms with Crippen LogP contribution in [0.2, 0.25) is 24.7 Å². The Labute approximate surface area is 78.7 Å². The van der Waals surface area contributed by atoms with Crippen LogP contribution in [0.1, 0.15) is 0 Å². The van der Waals surface area contributed by atoms with E-state index in [1.807, 2.05) is 0 Å². The van der Waals surface area contributed by atoms with Gasteiger partial charge in [0, 0.05) is 12.3 Å². The van der Waals surface area contributed by atoms with Gasteiger partial charge in [0.15, 0.2) is 0 Å². The molecule has 0 radical (unpaired) electrons. The van der Waals surface area contributed by atoms with Gasteiger partial charge in [0.25, 0.3) is 0 Å². The molecule has 0 saturated heterocycles. The molecule has 0 fully saturated rings. The summed E-state index contributed by atoms with van der Waals surface area (Å²) in [5, 5.41) is 0.616. The van der Waals surface area contributed by atoms with Crippen molar-refractivity contribution in [3.8, 4) is 5.75 Å². The third kappa shape index (κ3) is 3.24. The maximum atomic E-state index is 5.75. The summed E-state index contributed by atoms with van der Waals surface area (Å²) in [6.07, 6.45) is 3.28. The maximum absolute atomic E-state index is 5.75. The van der Waals surface area contributed by atoms with Crippen molar-refractivity contribution in [3.05, 3.63) is 23.5 Å². The molecule has 1 aromatic heterocycles. The lowest BCUT2D eigenvalue weighted by molar-refractivity contribution is 0.554. The first-order chi connectivity index (χ1) is 5.47. The lowest BCUT2D eigenvalue weighted by Crippen LogP contribution is -2.29. The van der Waals surface area contributed by atoms with Crippen LogP contribution >= 0.6 is 11.6 Å². The Hall–Kier alpha value is -0.543. The first-order valence-electron chi connectivity index (χ1n) is 3.77. The van der Waals surface area contributed by atoms with E-state index in [0.717, 1.165) is 5.75 Å². The highest BCUT2D eigenvalue weighted by atomic mass is 35.5. The SMILES string of the molecule is C[Si](C)(C)Oc1cncc(Cl)c1. The fraction of sp³-hybridized carbons (Fsp3) is 0.375. The molecule has 2 nitrogen and oxygen atoms in total. The molecule has 4 heteroatoms. The Morgan fingerprint density at radius 2 is 2.00 bits per heavy atom. The minimum atomic E-state index is -1.52. The van der Waals surface area contributed by atoms with Crippen molar-refractivity contribution in [1.29, 1.82) is 0 Å². The Morgan fingerprint density at radius 1 is 1.33 bits per heavy atom. The van der Waals surface area contributed by atoms with E-state index in [-0.39, 0.29) is 0 Å². The highest BCUT2D eigenvalue weighted by Crippen LogP contribution is 2.18. The zero-order valence-electron chi connectivity index (χ0n) is 7.47. The first kappa shape index (κ1) is 9.54. The second-order valence-corrected chi connectivity index (χ2v) is 8.42. The molecule has 12 heavy (non-hydrogen) atoms. The third-order valence-electron chi connectivity index (χ3n) is 1.10. The van der Waals surface area contributed by atoms with Crippen LogP contribution in [0.15, 0.2) is 18.5 Å². The zero-order chi connectivity index (χ0) is 9.19. The Morgan fingerprint density at radius 3 is 2.50 bits per heavy atom. The summed E-state index contributed by atoms with van der Waals surface area (Å²) in [6.45, 7) is 6.36. The first-order valence-corrected chi connectivity index (χ1v) is 7.55. The van der Waals surface area contributed by atoms with Crippen molar-refractivity contribution in [3.63, 3.8) is 0 Å². The summed E-state index contributed by atoms with van der Waals surface area (Å²) in [7, 11) is -1.52. The largest absolute Gasteiger partial charge is 0.543 e. The molecule has 0 aliphatic heterocycles. The highest BCUT2D eigenvalue weighted by molar-refractivity contribution is 6.70. The standard InChI is InChI=1S/C8H12ClNOSi/c1-12(2,3)11-8-4-7(9)5-10-6-8/h4-6H,1-3H3. The highest BCUT2D eigenvalue weighted by Gasteiger charge is 2.16. The summed E-state index contributed by atoms with van der Waals surface area (Å²) in [4.78, 5) is 3.93. The molecular formula is C8H12ClNOSi. The Kier molecular flexibility index (Phi) is 2.75. The summed E-state index contributed by atoms with van der Waals surface area (Å²) in [6, 6.07) is 1.78. The minimum absolute atomic E-state index is 0.616. The van der Waals surface area contributed by atoms with E-state index in [1.54, 1.807) is 18.5 Å². The Balaban J connectivity index is 2.77. The van der Waals surface area contributed by atoms with Gasteiger partial charge in [0.1, 0.15) is 5.75 Å². The van der Waals surface area contributed by atoms with Crippen molar-refractivity contribution < 1.29 is 4.43 Å². The van der Waals surface area contributed by atoms with Gasteiger partial charge in [-0.15, -0.1) is 0 Å². The summed E-state index contributed by atoms with van der Waals surface area (Å²) >= 11 is 5.75. The van der Waals surface area contributed by atoms with Crippen LogP contribution in [-0.4, -0.2) is 13.3 Å². The van der Waals surface area contributed by atoms with Crippen molar-refractivity contribution in [2.75, 3.05) is 0 Å². The molecule has 0 atom stereocenters. The number of halogens is 1. The molecule has 0 aromatic carbocycles. The van der Waals surface area contributed by atoms with E-state index in [1.165, 1.54) is 0 Å². The quantitative estimate of drug-likeness (QED) is 0.687. The number of nitrogens with zero attached hydrogens (tertiary/aromatic N) is 1. The average Bonchev–Trinajstić information content (AvgIpc) is 1.82. The monoisotopic (exact) mass is 201 g/mol. The summed E-state index contributed by atoms with van der Waals surface area (Å²) in [5.74, 6) is 0.765. The fourth-order valence-electron chi connectivity index (χ4n) is 0.802. The van der Waals surface area contributed by atoms with Gasteiger partial charge in [-0.25, -0.2) is 0 Å². The third-order valence-corrected chi connectivity index (χ3v) is 2.16. The second-order valence-electron chi connectivity index (χ2n) is 3.55. The summed E-state index contributed by atoms with van der Waals surface area (Å²) < 4.78 is 5.67. The van der Waals surface area contributed by atoms with E-state index in [4.69, 9.17) is 16.0 Å². The minimum Gasteiger partial charge on any atom is -0.543 e. The zero-order valence-corrected chi connectivity index (χ0v) is 9.22. The lowest BCUT2D eigenvalue weighted by Gasteiger charge is -2.18. The van der Waals surface area contributed by atoms with Gasteiger partial charge in [0.2, 0.25) is 8.32 Å². The van der Waals surface area contributed by atoms with Crippen LogP contribution in [-0.2, 0) is 0 Å². The molecule has 66 valence electrons. The van der Waals surface area contributed by atoms with E-state index in [2.05, 4.69) is 24.6 Å². The Bertz CT molecular complexity index is 272. The fourth-order valence-corrected chi connectivity index (χ4v) is 1.78. The van der Waals surface area contributed by atoms with Crippen LogP contribution in [0.4, 0.5) is 0 Å². The summed E-state index contributed by atoms with van der Waals surface area (Å²) in [5.41, 5.74) is 0. The van der Waals surface area contributed by atoms with Gasteiger partial charge >= 0.3 is 0 Å². The van der Waals surface area contributed by atoms with Crippen LogP contribution in [0, 0.1) is 0 Å². The van der Waals surface area contributed by atoms with Crippen molar-refractivity contribution in [2.24, 2.45) is 0 Å². The van der Waals surface area contributed by atoms with Gasteiger partial charge in [-0.2, -0.15) is 0 Å².